The number of fused-ring (bicyclic) bond motifs is 1. The van der Waals surface area contributed by atoms with Crippen molar-refractivity contribution in [2.75, 3.05) is 0 Å². The number of aromatic nitrogens is 5. The largest absolute Gasteiger partial charge is 0.324 e. The van der Waals surface area contributed by atoms with Crippen molar-refractivity contribution in [2.45, 2.75) is 13.5 Å². The van der Waals surface area contributed by atoms with Crippen molar-refractivity contribution in [3.05, 3.63) is 30.6 Å². The van der Waals surface area contributed by atoms with Crippen LogP contribution >= 0.6 is 0 Å². The molecule has 86 valence electrons. The molecule has 0 unspecified atom stereocenters. The number of imidazole rings is 1. The van der Waals surface area contributed by atoms with Crippen molar-refractivity contribution < 1.29 is 0 Å². The molecule has 2 heterocycles. The minimum absolute atomic E-state index is 0.790. The topological polar surface area (TPSA) is 48.5 Å². The molecule has 0 saturated heterocycles. The summed E-state index contributed by atoms with van der Waals surface area (Å²) in [7, 11) is 2.00. The molecule has 0 saturated carbocycles. The lowest BCUT2D eigenvalue weighted by Crippen LogP contribution is -2.03. The molecule has 0 aliphatic heterocycles. The maximum Gasteiger partial charge on any atom is 0.194 e. The van der Waals surface area contributed by atoms with E-state index >= 15 is 0 Å². The van der Waals surface area contributed by atoms with E-state index in [4.69, 9.17) is 0 Å². The molecule has 3 aromatic rings. The summed E-state index contributed by atoms with van der Waals surface area (Å²) in [5.74, 6) is 1.66. The minimum Gasteiger partial charge on any atom is -0.324 e. The van der Waals surface area contributed by atoms with E-state index < -0.39 is 0 Å². The van der Waals surface area contributed by atoms with Crippen LogP contribution in [0.1, 0.15) is 6.92 Å². The summed E-state index contributed by atoms with van der Waals surface area (Å²) in [6.45, 7) is 2.83. The van der Waals surface area contributed by atoms with Crippen LogP contribution < -0.4 is 0 Å². The van der Waals surface area contributed by atoms with Crippen molar-refractivity contribution in [1.82, 2.24) is 24.3 Å². The van der Waals surface area contributed by atoms with Gasteiger partial charge in [-0.05, 0) is 19.1 Å². The average Bonchev–Trinajstić information content (AvgIpc) is 2.94. The third kappa shape index (κ3) is 1.43. The molecule has 5 heteroatoms. The van der Waals surface area contributed by atoms with Gasteiger partial charge >= 0.3 is 0 Å². The zero-order chi connectivity index (χ0) is 11.8. The smallest absolute Gasteiger partial charge is 0.194 e. The van der Waals surface area contributed by atoms with Crippen LogP contribution in [0, 0.1) is 0 Å². The SMILES string of the molecule is CCn1ncnc1-c1nc2ccccc2n1C. The Labute approximate surface area is 98.7 Å². The van der Waals surface area contributed by atoms with Gasteiger partial charge < -0.3 is 4.57 Å². The summed E-state index contributed by atoms with van der Waals surface area (Å²) in [5.41, 5.74) is 2.09. The second-order valence-corrected chi connectivity index (χ2v) is 3.88. The number of nitrogens with zero attached hydrogens (tertiary/aromatic N) is 5. The van der Waals surface area contributed by atoms with Crippen LogP contribution in [0.25, 0.3) is 22.7 Å². The Morgan fingerprint density at radius 2 is 2.00 bits per heavy atom. The van der Waals surface area contributed by atoms with Crippen molar-refractivity contribution in [3.8, 4) is 11.6 Å². The number of para-hydroxylation sites is 2. The lowest BCUT2D eigenvalue weighted by Gasteiger charge is -2.02. The van der Waals surface area contributed by atoms with Crippen LogP contribution in [-0.2, 0) is 13.6 Å². The monoisotopic (exact) mass is 227 g/mol. The van der Waals surface area contributed by atoms with Gasteiger partial charge in [0.25, 0.3) is 0 Å². The molecule has 0 amide bonds. The Morgan fingerprint density at radius 1 is 1.18 bits per heavy atom. The fraction of sp³-hybridized carbons (Fsp3) is 0.250. The summed E-state index contributed by atoms with van der Waals surface area (Å²) in [4.78, 5) is 8.88. The molecule has 0 radical (unpaired) electrons. The number of hydrogen-bond donors (Lipinski definition) is 0. The molecule has 5 nitrogen and oxygen atoms in total. The van der Waals surface area contributed by atoms with Gasteiger partial charge in [-0.2, -0.15) is 5.10 Å². The molecule has 0 atom stereocenters. The maximum atomic E-state index is 4.60. The van der Waals surface area contributed by atoms with Gasteiger partial charge in [0.05, 0.1) is 11.0 Å². The fourth-order valence-electron chi connectivity index (χ4n) is 2.01. The predicted octanol–water partition coefficient (Wildman–Crippen LogP) is 1.85. The van der Waals surface area contributed by atoms with Gasteiger partial charge in [0.2, 0.25) is 0 Å². The lowest BCUT2D eigenvalue weighted by atomic mass is 10.3. The van der Waals surface area contributed by atoms with Gasteiger partial charge in [0, 0.05) is 13.6 Å². The Morgan fingerprint density at radius 3 is 2.76 bits per heavy atom. The van der Waals surface area contributed by atoms with E-state index in [1.165, 1.54) is 0 Å². The van der Waals surface area contributed by atoms with Crippen LogP contribution in [0.4, 0.5) is 0 Å². The third-order valence-electron chi connectivity index (χ3n) is 2.90. The van der Waals surface area contributed by atoms with Crippen LogP contribution in [0.15, 0.2) is 30.6 Å². The third-order valence-corrected chi connectivity index (χ3v) is 2.90. The second-order valence-electron chi connectivity index (χ2n) is 3.88. The molecule has 0 fully saturated rings. The van der Waals surface area contributed by atoms with Crippen molar-refractivity contribution in [1.29, 1.82) is 0 Å². The van der Waals surface area contributed by atoms with E-state index in [1.54, 1.807) is 6.33 Å². The Hall–Kier alpha value is -2.17. The van der Waals surface area contributed by atoms with Crippen molar-refractivity contribution in [2.24, 2.45) is 7.05 Å². The highest BCUT2D eigenvalue weighted by atomic mass is 15.3. The average molecular weight is 227 g/mol. The second kappa shape index (κ2) is 3.69. The van der Waals surface area contributed by atoms with E-state index in [-0.39, 0.29) is 0 Å². The van der Waals surface area contributed by atoms with E-state index in [2.05, 4.69) is 21.1 Å². The summed E-state index contributed by atoms with van der Waals surface area (Å²) >= 11 is 0. The van der Waals surface area contributed by atoms with Crippen LogP contribution in [0.5, 0.6) is 0 Å². The first-order chi connectivity index (χ1) is 8.31. The molecule has 3 rings (SSSR count). The maximum absolute atomic E-state index is 4.60. The Kier molecular flexibility index (Phi) is 2.18. The zero-order valence-electron chi connectivity index (χ0n) is 9.83. The standard InChI is InChI=1S/C12H13N5/c1-3-17-11(13-8-14-17)12-15-9-6-4-5-7-10(9)16(12)2/h4-8H,3H2,1-2H3. The highest BCUT2D eigenvalue weighted by Crippen LogP contribution is 2.21. The number of hydrogen-bond acceptors (Lipinski definition) is 3. The highest BCUT2D eigenvalue weighted by Gasteiger charge is 2.14. The Balaban J connectivity index is 2.27. The molecule has 2 aromatic heterocycles. The van der Waals surface area contributed by atoms with Gasteiger partial charge in [0.15, 0.2) is 11.6 Å². The summed E-state index contributed by atoms with van der Waals surface area (Å²) in [5, 5.41) is 4.17. The van der Waals surface area contributed by atoms with Crippen molar-refractivity contribution >= 4 is 11.0 Å². The zero-order valence-corrected chi connectivity index (χ0v) is 9.83. The van der Waals surface area contributed by atoms with E-state index in [0.717, 1.165) is 29.2 Å². The van der Waals surface area contributed by atoms with E-state index in [1.807, 2.05) is 41.4 Å². The van der Waals surface area contributed by atoms with Crippen molar-refractivity contribution in [3.63, 3.8) is 0 Å². The molecular formula is C12H13N5. The number of rotatable bonds is 2. The Bertz CT molecular complexity index is 664. The first-order valence-corrected chi connectivity index (χ1v) is 5.61. The molecule has 0 aliphatic carbocycles. The molecular weight excluding hydrogens is 214 g/mol. The summed E-state index contributed by atoms with van der Waals surface area (Å²) in [6.07, 6.45) is 1.57. The molecule has 0 aliphatic rings. The molecule has 0 bridgehead atoms. The van der Waals surface area contributed by atoms with Gasteiger partial charge in [-0.3, -0.25) is 0 Å². The summed E-state index contributed by atoms with van der Waals surface area (Å²) < 4.78 is 3.90. The van der Waals surface area contributed by atoms with Gasteiger partial charge in [0.1, 0.15) is 6.33 Å². The highest BCUT2D eigenvalue weighted by molar-refractivity contribution is 5.79. The number of aryl methyl sites for hydroxylation is 2. The van der Waals surface area contributed by atoms with Crippen LogP contribution in [-0.4, -0.2) is 24.3 Å². The fourth-order valence-corrected chi connectivity index (χ4v) is 2.01. The van der Waals surface area contributed by atoms with Gasteiger partial charge in [-0.1, -0.05) is 12.1 Å². The molecule has 1 aromatic carbocycles. The lowest BCUT2D eigenvalue weighted by molar-refractivity contribution is 0.660. The predicted molar refractivity (Wildman–Crippen MR) is 65.4 cm³/mol. The van der Waals surface area contributed by atoms with Gasteiger partial charge in [-0.25, -0.2) is 14.6 Å². The number of benzene rings is 1. The normalized spacial score (nSPS) is 11.2. The minimum atomic E-state index is 0.790. The van der Waals surface area contributed by atoms with E-state index in [0.29, 0.717) is 0 Å². The first-order valence-electron chi connectivity index (χ1n) is 5.61. The van der Waals surface area contributed by atoms with E-state index in [9.17, 15) is 0 Å². The van der Waals surface area contributed by atoms with Crippen LogP contribution in [0.3, 0.4) is 0 Å². The summed E-state index contributed by atoms with van der Waals surface area (Å²) in [6, 6.07) is 8.06. The molecule has 17 heavy (non-hydrogen) atoms. The quantitative estimate of drug-likeness (QED) is 0.671. The molecule has 0 N–H and O–H groups in total. The molecule has 0 spiro atoms. The van der Waals surface area contributed by atoms with Gasteiger partial charge in [-0.15, -0.1) is 0 Å². The van der Waals surface area contributed by atoms with Crippen LogP contribution in [0.2, 0.25) is 0 Å². The first kappa shape index (κ1) is 10.0.